The number of hydrogen-bond donors (Lipinski definition) is 1. The minimum atomic E-state index is -5.84. The van der Waals surface area contributed by atoms with Gasteiger partial charge in [-0.25, -0.2) is 9.79 Å². The number of nitrogens with zero attached hydrogens (tertiary/aromatic N) is 1. The van der Waals surface area contributed by atoms with Crippen molar-refractivity contribution in [1.29, 1.82) is 0 Å². The number of halogens is 3. The average Bonchev–Trinajstić information content (AvgIpc) is 3.06. The molecule has 1 heterocycles. The number of carbonyl (C=O) groups is 1. The first-order valence-electron chi connectivity index (χ1n) is 7.16. The Labute approximate surface area is 158 Å². The predicted molar refractivity (Wildman–Crippen MR) is 95.1 cm³/mol. The van der Waals surface area contributed by atoms with Gasteiger partial charge in [-0.3, -0.25) is 4.55 Å². The summed E-state index contributed by atoms with van der Waals surface area (Å²) < 4.78 is 68.1. The van der Waals surface area contributed by atoms with Crippen LogP contribution < -0.4 is 0 Å². The number of benzene rings is 1. The van der Waals surface area contributed by atoms with Crippen molar-refractivity contribution in [3.8, 4) is 0 Å². The Morgan fingerprint density at radius 1 is 1.44 bits per heavy atom. The van der Waals surface area contributed by atoms with Gasteiger partial charge in [0.25, 0.3) is 0 Å². The number of carbonyl (C=O) groups excluding carboxylic acids is 1. The number of alkyl halides is 3. The molecule has 0 amide bonds. The summed E-state index contributed by atoms with van der Waals surface area (Å²) in [6.07, 6.45) is 3.62. The molecular formula is C15H16F3NO6S2. The molecule has 1 N–H and O–H groups in total. The van der Waals surface area contributed by atoms with Gasteiger partial charge in [0, 0.05) is 0 Å². The molecule has 12 heteroatoms. The molecule has 150 valence electrons. The third kappa shape index (κ3) is 7.61. The molecule has 1 aliphatic rings. The summed E-state index contributed by atoms with van der Waals surface area (Å²) in [4.78, 5) is 16.1. The highest BCUT2D eigenvalue weighted by atomic mass is 32.2. The van der Waals surface area contributed by atoms with E-state index in [0.717, 1.165) is 5.56 Å². The number of ether oxygens (including phenoxy) is 2. The van der Waals surface area contributed by atoms with Gasteiger partial charge >= 0.3 is 21.6 Å². The fourth-order valence-corrected chi connectivity index (χ4v) is 2.04. The number of aliphatic imine (C=N–C) groups is 1. The van der Waals surface area contributed by atoms with E-state index in [1.165, 1.54) is 11.8 Å². The molecule has 7 nitrogen and oxygen atoms in total. The Kier molecular flexibility index (Phi) is 8.31. The van der Waals surface area contributed by atoms with Gasteiger partial charge in [0.1, 0.15) is 19.3 Å². The van der Waals surface area contributed by atoms with Crippen molar-refractivity contribution in [1.82, 2.24) is 0 Å². The Hall–Kier alpha value is -2.05. The minimum absolute atomic E-state index is 0.0983. The molecule has 0 saturated carbocycles. The Bertz CT molecular complexity index is 791. The van der Waals surface area contributed by atoms with Crippen molar-refractivity contribution >= 4 is 39.2 Å². The molecule has 1 unspecified atom stereocenters. The lowest BCUT2D eigenvalue weighted by Gasteiger charge is -2.07. The summed E-state index contributed by atoms with van der Waals surface area (Å²) in [6.45, 7) is 4.38. The third-order valence-electron chi connectivity index (χ3n) is 2.94. The molecule has 0 saturated heterocycles. The van der Waals surface area contributed by atoms with E-state index in [1.54, 1.807) is 18.2 Å². The monoisotopic (exact) mass is 427 g/mol. The van der Waals surface area contributed by atoms with Crippen LogP contribution in [0.2, 0.25) is 0 Å². The smallest absolute Gasteiger partial charge is 0.471 e. The van der Waals surface area contributed by atoms with Crippen molar-refractivity contribution in [2.75, 3.05) is 19.5 Å². The van der Waals surface area contributed by atoms with Gasteiger partial charge in [-0.05, 0) is 24.0 Å². The molecule has 2 rings (SSSR count). The van der Waals surface area contributed by atoms with Crippen LogP contribution in [0.3, 0.4) is 0 Å². The van der Waals surface area contributed by atoms with Crippen molar-refractivity contribution in [3.05, 3.63) is 42.0 Å². The standard InChI is InChI=1S/C14H15NO3S.CHF3O3S/c1-3-10-4-6-11(7-5-10)13(16)17-8-12-9-18-14(15-12)19-2;2-1(3,4)8(5,6)7/h3-7,12H,1,8-9H2,2H3;(H,5,6,7). The zero-order valence-electron chi connectivity index (χ0n) is 14.0. The van der Waals surface area contributed by atoms with Crippen LogP contribution in [0.4, 0.5) is 13.2 Å². The second-order valence-electron chi connectivity index (χ2n) is 4.91. The number of hydrogen-bond acceptors (Lipinski definition) is 7. The average molecular weight is 427 g/mol. The maximum absolute atomic E-state index is 11.8. The van der Waals surface area contributed by atoms with Crippen LogP contribution >= 0.6 is 11.8 Å². The Morgan fingerprint density at radius 3 is 2.41 bits per heavy atom. The van der Waals surface area contributed by atoms with E-state index >= 15 is 0 Å². The van der Waals surface area contributed by atoms with Gasteiger partial charge in [0.05, 0.1) is 5.56 Å². The molecule has 0 aromatic heterocycles. The highest BCUT2D eigenvalue weighted by Gasteiger charge is 2.44. The molecule has 1 atom stereocenters. The normalized spacial score (nSPS) is 16.5. The van der Waals surface area contributed by atoms with E-state index in [-0.39, 0.29) is 18.6 Å². The number of thioether (sulfide) groups is 1. The van der Waals surface area contributed by atoms with Gasteiger partial charge in [-0.1, -0.05) is 36.5 Å². The van der Waals surface area contributed by atoms with E-state index in [4.69, 9.17) is 22.4 Å². The fourth-order valence-electron chi connectivity index (χ4n) is 1.60. The summed E-state index contributed by atoms with van der Waals surface area (Å²) in [6, 6.07) is 7.00. The minimum Gasteiger partial charge on any atom is -0.471 e. The molecule has 0 aliphatic carbocycles. The lowest BCUT2D eigenvalue weighted by atomic mass is 10.1. The number of esters is 1. The molecule has 1 aromatic rings. The quantitative estimate of drug-likeness (QED) is 0.448. The van der Waals surface area contributed by atoms with E-state index in [0.29, 0.717) is 17.4 Å². The molecule has 0 radical (unpaired) electrons. The second kappa shape index (κ2) is 9.76. The topological polar surface area (TPSA) is 102 Å². The van der Waals surface area contributed by atoms with Crippen molar-refractivity contribution in [2.24, 2.45) is 4.99 Å². The summed E-state index contributed by atoms with van der Waals surface area (Å²) in [5.41, 5.74) is -4.04. The lowest BCUT2D eigenvalue weighted by molar-refractivity contribution is -0.0510. The van der Waals surface area contributed by atoms with Gasteiger partial charge in [-0.15, -0.1) is 0 Å². The van der Waals surface area contributed by atoms with Crippen LogP contribution in [-0.2, 0) is 19.6 Å². The SMILES string of the molecule is C=Cc1ccc(C(=O)OCC2COC(SC)=N2)cc1.O=S(=O)(O)C(F)(F)F. The second-order valence-corrected chi connectivity index (χ2v) is 7.08. The van der Waals surface area contributed by atoms with E-state index in [1.807, 2.05) is 18.4 Å². The van der Waals surface area contributed by atoms with E-state index in [9.17, 15) is 18.0 Å². The summed E-state index contributed by atoms with van der Waals surface area (Å²) >= 11 is 1.45. The molecule has 0 bridgehead atoms. The first-order chi connectivity index (χ1) is 12.5. The van der Waals surface area contributed by atoms with Crippen LogP contribution in [0.1, 0.15) is 15.9 Å². The Morgan fingerprint density at radius 2 is 2.00 bits per heavy atom. The zero-order chi connectivity index (χ0) is 20.7. The van der Waals surface area contributed by atoms with Crippen molar-refractivity contribution in [2.45, 2.75) is 11.6 Å². The summed E-state index contributed by atoms with van der Waals surface area (Å²) in [5, 5.41) is 0.649. The van der Waals surface area contributed by atoms with Crippen LogP contribution in [-0.4, -0.2) is 55.2 Å². The van der Waals surface area contributed by atoms with Crippen LogP contribution in [0.15, 0.2) is 35.8 Å². The van der Waals surface area contributed by atoms with Gasteiger partial charge in [0.2, 0.25) is 5.23 Å². The van der Waals surface area contributed by atoms with Crippen LogP contribution in [0.25, 0.3) is 6.08 Å². The fraction of sp³-hybridized carbons (Fsp3) is 0.333. The summed E-state index contributed by atoms with van der Waals surface area (Å²) in [7, 11) is -5.84. The molecule has 0 fully saturated rings. The maximum atomic E-state index is 11.8. The Balaban J connectivity index is 0.000000387. The molecule has 1 aromatic carbocycles. The van der Waals surface area contributed by atoms with Gasteiger partial charge in [-0.2, -0.15) is 21.6 Å². The lowest BCUT2D eigenvalue weighted by Crippen LogP contribution is -2.21. The predicted octanol–water partition coefficient (Wildman–Crippen LogP) is 3.00. The summed E-state index contributed by atoms with van der Waals surface area (Å²) in [5.74, 6) is -0.344. The van der Waals surface area contributed by atoms with Gasteiger partial charge < -0.3 is 9.47 Å². The van der Waals surface area contributed by atoms with Crippen LogP contribution in [0, 0.1) is 0 Å². The molecule has 27 heavy (non-hydrogen) atoms. The van der Waals surface area contributed by atoms with E-state index in [2.05, 4.69) is 11.6 Å². The first-order valence-corrected chi connectivity index (χ1v) is 9.82. The van der Waals surface area contributed by atoms with Gasteiger partial charge in [0.15, 0.2) is 0 Å². The molecule has 1 aliphatic heterocycles. The first kappa shape index (κ1) is 23.0. The maximum Gasteiger partial charge on any atom is 0.522 e. The molecular weight excluding hydrogens is 411 g/mol. The highest BCUT2D eigenvalue weighted by molar-refractivity contribution is 8.12. The molecule has 0 spiro atoms. The van der Waals surface area contributed by atoms with E-state index < -0.39 is 15.6 Å². The third-order valence-corrected chi connectivity index (χ3v) is 4.10. The zero-order valence-corrected chi connectivity index (χ0v) is 15.6. The van der Waals surface area contributed by atoms with Crippen molar-refractivity contribution < 1.29 is 40.4 Å². The van der Waals surface area contributed by atoms with Crippen LogP contribution in [0.5, 0.6) is 0 Å². The number of rotatable bonds is 4. The largest absolute Gasteiger partial charge is 0.522 e. The van der Waals surface area contributed by atoms with Crippen molar-refractivity contribution in [3.63, 3.8) is 0 Å². The highest BCUT2D eigenvalue weighted by Crippen LogP contribution is 2.20.